The molecule has 4 heteroatoms. The van der Waals surface area contributed by atoms with Gasteiger partial charge in [0.25, 0.3) is 0 Å². The van der Waals surface area contributed by atoms with E-state index >= 15 is 0 Å². The molecule has 0 heterocycles. The first kappa shape index (κ1) is 18.0. The van der Waals surface area contributed by atoms with Gasteiger partial charge in [0.15, 0.2) is 0 Å². The van der Waals surface area contributed by atoms with Crippen LogP contribution in [0, 0.1) is 5.41 Å². The zero-order valence-electron chi connectivity index (χ0n) is 13.0. The predicted octanol–water partition coefficient (Wildman–Crippen LogP) is 3.37. The minimum Gasteiger partial charge on any atom is -0.349 e. The van der Waals surface area contributed by atoms with E-state index in [1.54, 1.807) is 0 Å². The van der Waals surface area contributed by atoms with Gasteiger partial charge in [-0.3, -0.25) is 4.79 Å². The molecule has 1 aliphatic carbocycles. The molecule has 0 spiro atoms. The van der Waals surface area contributed by atoms with Crippen LogP contribution in [0.15, 0.2) is 24.3 Å². The van der Waals surface area contributed by atoms with Crippen molar-refractivity contribution in [2.24, 2.45) is 11.1 Å². The van der Waals surface area contributed by atoms with Crippen LogP contribution in [0.1, 0.15) is 56.7 Å². The number of nitrogens with two attached hydrogens (primary N) is 1. The molecule has 0 radical (unpaired) electrons. The van der Waals surface area contributed by atoms with Crippen molar-refractivity contribution in [3.8, 4) is 0 Å². The Balaban J connectivity index is 0.00000220. The van der Waals surface area contributed by atoms with Crippen LogP contribution in [0.5, 0.6) is 0 Å². The van der Waals surface area contributed by atoms with E-state index in [0.717, 1.165) is 37.7 Å². The van der Waals surface area contributed by atoms with Crippen LogP contribution in [-0.4, -0.2) is 12.5 Å². The third kappa shape index (κ3) is 3.98. The fraction of sp³-hybridized carbons (Fsp3) is 0.588. The lowest BCUT2D eigenvalue weighted by atomic mass is 9.85. The molecule has 21 heavy (non-hydrogen) atoms. The van der Waals surface area contributed by atoms with Crippen LogP contribution >= 0.6 is 12.4 Å². The van der Waals surface area contributed by atoms with E-state index in [1.165, 1.54) is 5.56 Å². The molecule has 1 aromatic carbocycles. The molecular weight excluding hydrogens is 284 g/mol. The molecule has 3 N–H and O–H groups in total. The van der Waals surface area contributed by atoms with E-state index < -0.39 is 0 Å². The molecule has 0 bridgehead atoms. The average Bonchev–Trinajstić information content (AvgIpc) is 2.97. The van der Waals surface area contributed by atoms with Gasteiger partial charge in [-0.1, -0.05) is 44.0 Å². The molecule has 2 rings (SSSR count). The Hall–Kier alpha value is -1.06. The summed E-state index contributed by atoms with van der Waals surface area (Å²) in [5.74, 6) is 0.129. The van der Waals surface area contributed by atoms with E-state index in [4.69, 9.17) is 5.73 Å². The van der Waals surface area contributed by atoms with E-state index in [-0.39, 0.29) is 29.8 Å². The van der Waals surface area contributed by atoms with Gasteiger partial charge in [-0.25, -0.2) is 0 Å². The number of aryl methyl sites for hydroxylation is 1. The Bertz CT molecular complexity index is 452. The third-order valence-electron chi connectivity index (χ3n) is 4.67. The van der Waals surface area contributed by atoms with E-state index in [9.17, 15) is 4.79 Å². The van der Waals surface area contributed by atoms with Crippen molar-refractivity contribution in [3.63, 3.8) is 0 Å². The van der Waals surface area contributed by atoms with Crippen molar-refractivity contribution in [1.29, 1.82) is 0 Å². The predicted molar refractivity (Wildman–Crippen MR) is 89.6 cm³/mol. The van der Waals surface area contributed by atoms with Gasteiger partial charge in [0.1, 0.15) is 0 Å². The van der Waals surface area contributed by atoms with Gasteiger partial charge in [-0.2, -0.15) is 0 Å². The van der Waals surface area contributed by atoms with Crippen LogP contribution in [0.3, 0.4) is 0 Å². The topological polar surface area (TPSA) is 55.1 Å². The molecule has 0 aromatic heterocycles. The molecule has 0 saturated heterocycles. The Morgan fingerprint density at radius 1 is 1.29 bits per heavy atom. The number of benzene rings is 1. The van der Waals surface area contributed by atoms with Crippen LogP contribution < -0.4 is 11.1 Å². The number of carbonyl (C=O) groups is 1. The molecule has 1 unspecified atom stereocenters. The lowest BCUT2D eigenvalue weighted by Gasteiger charge is -2.28. The maximum atomic E-state index is 12.5. The van der Waals surface area contributed by atoms with Crippen molar-refractivity contribution in [1.82, 2.24) is 5.32 Å². The summed E-state index contributed by atoms with van der Waals surface area (Å²) in [6, 6.07) is 8.51. The summed E-state index contributed by atoms with van der Waals surface area (Å²) in [7, 11) is 0. The number of hydrogen-bond donors (Lipinski definition) is 2. The van der Waals surface area contributed by atoms with Gasteiger partial charge in [-0.15, -0.1) is 12.4 Å². The number of rotatable bonds is 5. The third-order valence-corrected chi connectivity index (χ3v) is 4.67. The number of carbonyl (C=O) groups excluding carboxylic acids is 1. The van der Waals surface area contributed by atoms with Crippen LogP contribution in [-0.2, 0) is 11.2 Å². The maximum absolute atomic E-state index is 12.5. The quantitative estimate of drug-likeness (QED) is 0.876. The summed E-state index contributed by atoms with van der Waals surface area (Å²) in [5.41, 5.74) is 8.01. The second kappa shape index (κ2) is 7.81. The number of nitrogens with one attached hydrogen (secondary N) is 1. The minimum atomic E-state index is -0.322. The highest BCUT2D eigenvalue weighted by molar-refractivity contribution is 5.85. The molecule has 3 nitrogen and oxygen atoms in total. The summed E-state index contributed by atoms with van der Waals surface area (Å²) < 4.78 is 0. The van der Waals surface area contributed by atoms with E-state index in [1.807, 2.05) is 6.92 Å². The standard InChI is InChI=1S/C17H26N2O.ClH/c1-3-14-6-8-15(9-7-14)13(2)19-16(20)17(12-18)10-4-5-11-17;/h6-9,13H,3-5,10-12,18H2,1-2H3,(H,19,20);1H. The fourth-order valence-electron chi connectivity index (χ4n) is 3.05. The average molecular weight is 311 g/mol. The summed E-state index contributed by atoms with van der Waals surface area (Å²) >= 11 is 0. The smallest absolute Gasteiger partial charge is 0.227 e. The van der Waals surface area contributed by atoms with Crippen LogP contribution in [0.4, 0.5) is 0 Å². The summed E-state index contributed by atoms with van der Waals surface area (Å²) in [5, 5.41) is 3.15. The number of halogens is 1. The monoisotopic (exact) mass is 310 g/mol. The highest BCUT2D eigenvalue weighted by Gasteiger charge is 2.40. The summed E-state index contributed by atoms with van der Waals surface area (Å²) in [4.78, 5) is 12.5. The number of amides is 1. The molecule has 0 aliphatic heterocycles. The van der Waals surface area contributed by atoms with Gasteiger partial charge in [-0.05, 0) is 37.3 Å². The molecule has 118 valence electrons. The number of hydrogen-bond acceptors (Lipinski definition) is 2. The Labute approximate surface area is 134 Å². The van der Waals surface area contributed by atoms with Gasteiger partial charge in [0.2, 0.25) is 5.91 Å². The Morgan fingerprint density at radius 2 is 1.86 bits per heavy atom. The molecule has 1 fully saturated rings. The lowest BCUT2D eigenvalue weighted by Crippen LogP contribution is -2.44. The Morgan fingerprint density at radius 3 is 2.33 bits per heavy atom. The summed E-state index contributed by atoms with van der Waals surface area (Å²) in [6.45, 7) is 4.64. The van der Waals surface area contributed by atoms with Crippen LogP contribution in [0.2, 0.25) is 0 Å². The maximum Gasteiger partial charge on any atom is 0.227 e. The van der Waals surface area contributed by atoms with Gasteiger partial charge in [0, 0.05) is 6.54 Å². The highest BCUT2D eigenvalue weighted by atomic mass is 35.5. The normalized spacial score (nSPS) is 17.9. The van der Waals surface area contributed by atoms with E-state index in [2.05, 4.69) is 36.5 Å². The molecule has 1 aromatic rings. The molecule has 1 amide bonds. The molecular formula is C17H27ClN2O. The van der Waals surface area contributed by atoms with Crippen molar-refractivity contribution < 1.29 is 4.79 Å². The SMILES string of the molecule is CCc1ccc(C(C)NC(=O)C2(CN)CCCC2)cc1.Cl. The van der Waals surface area contributed by atoms with Crippen molar-refractivity contribution >= 4 is 18.3 Å². The van der Waals surface area contributed by atoms with E-state index in [0.29, 0.717) is 6.54 Å². The largest absolute Gasteiger partial charge is 0.349 e. The minimum absolute atomic E-state index is 0. The van der Waals surface area contributed by atoms with Gasteiger partial charge >= 0.3 is 0 Å². The fourth-order valence-corrected chi connectivity index (χ4v) is 3.05. The first-order valence-corrected chi connectivity index (χ1v) is 7.71. The lowest BCUT2D eigenvalue weighted by molar-refractivity contribution is -0.131. The zero-order chi connectivity index (χ0) is 14.6. The summed E-state index contributed by atoms with van der Waals surface area (Å²) in [6.07, 6.45) is 5.12. The molecule has 1 aliphatic rings. The first-order valence-electron chi connectivity index (χ1n) is 7.71. The highest BCUT2D eigenvalue weighted by Crippen LogP contribution is 2.37. The second-order valence-electron chi connectivity index (χ2n) is 5.98. The molecule has 1 atom stereocenters. The van der Waals surface area contributed by atoms with Crippen molar-refractivity contribution in [3.05, 3.63) is 35.4 Å². The van der Waals surface area contributed by atoms with Crippen LogP contribution in [0.25, 0.3) is 0 Å². The van der Waals surface area contributed by atoms with Crippen molar-refractivity contribution in [2.75, 3.05) is 6.54 Å². The second-order valence-corrected chi connectivity index (χ2v) is 5.98. The van der Waals surface area contributed by atoms with Gasteiger partial charge < -0.3 is 11.1 Å². The Kier molecular flexibility index (Phi) is 6.69. The van der Waals surface area contributed by atoms with Crippen molar-refractivity contribution in [2.45, 2.75) is 52.0 Å². The first-order chi connectivity index (χ1) is 9.61. The molecule has 1 saturated carbocycles. The van der Waals surface area contributed by atoms with Gasteiger partial charge in [0.05, 0.1) is 11.5 Å². The zero-order valence-corrected chi connectivity index (χ0v) is 13.8.